The molecule has 1 aliphatic heterocycles. The Labute approximate surface area is 154 Å². The molecular formula is C18H24N4O3S. The average molecular weight is 376 g/mol. The standard InChI is InChI=1S/C18H24N4O3S/c1-3-14(2)26(23,24)13-15-12-17(22-8-10-25-11-9-22)21-18(20-15)16-6-4-5-7-19-16/h4-7,12,14H,3,8-11,13H2,1-2H3. The summed E-state index contributed by atoms with van der Waals surface area (Å²) in [6, 6.07) is 7.29. The van der Waals surface area contributed by atoms with Crippen molar-refractivity contribution in [3.8, 4) is 11.5 Å². The van der Waals surface area contributed by atoms with Crippen LogP contribution in [0.4, 0.5) is 5.82 Å². The van der Waals surface area contributed by atoms with Gasteiger partial charge in [-0.2, -0.15) is 0 Å². The van der Waals surface area contributed by atoms with Crippen molar-refractivity contribution in [1.82, 2.24) is 15.0 Å². The van der Waals surface area contributed by atoms with Crippen molar-refractivity contribution in [1.29, 1.82) is 0 Å². The molecule has 1 fully saturated rings. The molecule has 0 aliphatic carbocycles. The van der Waals surface area contributed by atoms with Crippen LogP contribution in [0.25, 0.3) is 11.5 Å². The van der Waals surface area contributed by atoms with Crippen molar-refractivity contribution in [2.24, 2.45) is 0 Å². The van der Waals surface area contributed by atoms with Gasteiger partial charge in [0, 0.05) is 25.4 Å². The van der Waals surface area contributed by atoms with Crippen LogP contribution in [0.5, 0.6) is 0 Å². The number of ether oxygens (including phenoxy) is 1. The Hall–Kier alpha value is -2.06. The minimum Gasteiger partial charge on any atom is -0.378 e. The first kappa shape index (κ1) is 18.7. The van der Waals surface area contributed by atoms with Crippen LogP contribution in [0.3, 0.4) is 0 Å². The third kappa shape index (κ3) is 4.37. The molecule has 1 saturated heterocycles. The third-order valence-electron chi connectivity index (χ3n) is 4.53. The van der Waals surface area contributed by atoms with Gasteiger partial charge in [0.25, 0.3) is 0 Å². The highest BCUT2D eigenvalue weighted by molar-refractivity contribution is 7.91. The second kappa shape index (κ2) is 8.09. The first-order valence-corrected chi connectivity index (χ1v) is 10.5. The predicted molar refractivity (Wildman–Crippen MR) is 101 cm³/mol. The van der Waals surface area contributed by atoms with Gasteiger partial charge in [0.15, 0.2) is 15.7 Å². The maximum atomic E-state index is 12.6. The molecule has 26 heavy (non-hydrogen) atoms. The van der Waals surface area contributed by atoms with E-state index in [1.54, 1.807) is 19.2 Å². The van der Waals surface area contributed by atoms with Crippen LogP contribution >= 0.6 is 0 Å². The van der Waals surface area contributed by atoms with E-state index < -0.39 is 15.1 Å². The molecule has 0 spiro atoms. The van der Waals surface area contributed by atoms with Crippen molar-refractivity contribution in [2.45, 2.75) is 31.3 Å². The molecule has 0 amide bonds. The van der Waals surface area contributed by atoms with Gasteiger partial charge in [0.2, 0.25) is 0 Å². The molecule has 8 heteroatoms. The number of sulfone groups is 1. The van der Waals surface area contributed by atoms with Crippen LogP contribution in [0, 0.1) is 0 Å². The average Bonchev–Trinajstić information content (AvgIpc) is 2.68. The maximum absolute atomic E-state index is 12.6. The fraction of sp³-hybridized carbons (Fsp3) is 0.500. The number of hydrogen-bond donors (Lipinski definition) is 0. The molecule has 7 nitrogen and oxygen atoms in total. The van der Waals surface area contributed by atoms with E-state index in [0.717, 1.165) is 18.9 Å². The SMILES string of the molecule is CCC(C)S(=O)(=O)Cc1cc(N2CCOCC2)nc(-c2ccccn2)n1. The highest BCUT2D eigenvalue weighted by Crippen LogP contribution is 2.22. The zero-order valence-electron chi connectivity index (χ0n) is 15.1. The molecule has 0 N–H and O–H groups in total. The summed E-state index contributed by atoms with van der Waals surface area (Å²) in [6.45, 7) is 6.30. The maximum Gasteiger partial charge on any atom is 0.180 e. The Balaban J connectivity index is 2.00. The Morgan fingerprint density at radius 1 is 1.23 bits per heavy atom. The normalized spacial score (nSPS) is 16.5. The van der Waals surface area contributed by atoms with Crippen LogP contribution in [0.1, 0.15) is 26.0 Å². The smallest absolute Gasteiger partial charge is 0.180 e. The lowest BCUT2D eigenvalue weighted by atomic mass is 10.3. The van der Waals surface area contributed by atoms with E-state index >= 15 is 0 Å². The molecule has 3 heterocycles. The molecule has 0 aromatic carbocycles. The van der Waals surface area contributed by atoms with Crippen molar-refractivity contribution in [2.75, 3.05) is 31.2 Å². The second-order valence-electron chi connectivity index (χ2n) is 6.38. The first-order chi connectivity index (χ1) is 12.5. The van der Waals surface area contributed by atoms with Gasteiger partial charge in [-0.1, -0.05) is 13.0 Å². The minimum atomic E-state index is -3.26. The topological polar surface area (TPSA) is 85.3 Å². The molecule has 0 saturated carbocycles. The van der Waals surface area contributed by atoms with Crippen molar-refractivity contribution in [3.05, 3.63) is 36.2 Å². The molecule has 140 valence electrons. The third-order valence-corrected chi connectivity index (χ3v) is 6.79. The number of nitrogens with zero attached hydrogens (tertiary/aromatic N) is 4. The van der Waals surface area contributed by atoms with E-state index in [9.17, 15) is 8.42 Å². The summed E-state index contributed by atoms with van der Waals surface area (Å²) in [5, 5.41) is -0.400. The van der Waals surface area contributed by atoms with Crippen LogP contribution < -0.4 is 4.90 Å². The molecule has 1 unspecified atom stereocenters. The van der Waals surface area contributed by atoms with Crippen LogP contribution in [0.2, 0.25) is 0 Å². The Kier molecular flexibility index (Phi) is 5.83. The summed E-state index contributed by atoms with van der Waals surface area (Å²) in [4.78, 5) is 15.5. The lowest BCUT2D eigenvalue weighted by Gasteiger charge is -2.28. The fourth-order valence-corrected chi connectivity index (χ4v) is 4.08. The second-order valence-corrected chi connectivity index (χ2v) is 8.80. The Morgan fingerprint density at radius 3 is 2.65 bits per heavy atom. The lowest BCUT2D eigenvalue weighted by molar-refractivity contribution is 0.122. The van der Waals surface area contributed by atoms with Crippen molar-refractivity contribution in [3.63, 3.8) is 0 Å². The zero-order valence-corrected chi connectivity index (χ0v) is 15.9. The van der Waals surface area contributed by atoms with E-state index in [4.69, 9.17) is 4.74 Å². The molecule has 3 rings (SSSR count). The van der Waals surface area contributed by atoms with Crippen LogP contribution in [0.15, 0.2) is 30.5 Å². The Bertz CT molecular complexity index is 837. The highest BCUT2D eigenvalue weighted by atomic mass is 32.2. The number of hydrogen-bond acceptors (Lipinski definition) is 7. The van der Waals surface area contributed by atoms with Gasteiger partial charge in [-0.15, -0.1) is 0 Å². The summed E-state index contributed by atoms with van der Waals surface area (Å²) in [5.41, 5.74) is 1.13. The Morgan fingerprint density at radius 2 is 2.00 bits per heavy atom. The van der Waals surface area contributed by atoms with Gasteiger partial charge in [-0.3, -0.25) is 4.98 Å². The van der Waals surface area contributed by atoms with Gasteiger partial charge in [-0.25, -0.2) is 18.4 Å². The zero-order chi connectivity index (χ0) is 18.6. The predicted octanol–water partition coefficient (Wildman–Crippen LogP) is 2.09. The summed E-state index contributed by atoms with van der Waals surface area (Å²) in [6.07, 6.45) is 2.26. The monoisotopic (exact) mass is 376 g/mol. The van der Waals surface area contributed by atoms with Crippen molar-refractivity contribution < 1.29 is 13.2 Å². The largest absolute Gasteiger partial charge is 0.378 e. The number of morpholine rings is 1. The summed E-state index contributed by atoms with van der Waals surface area (Å²) < 4.78 is 30.5. The van der Waals surface area contributed by atoms with Gasteiger partial charge in [-0.05, 0) is 25.5 Å². The molecule has 1 atom stereocenters. The molecular weight excluding hydrogens is 352 g/mol. The van der Waals surface area contributed by atoms with E-state index in [2.05, 4.69) is 19.9 Å². The van der Waals surface area contributed by atoms with E-state index in [0.29, 0.717) is 36.8 Å². The number of anilines is 1. The molecule has 0 radical (unpaired) electrons. The fourth-order valence-electron chi connectivity index (χ4n) is 2.72. The summed E-state index contributed by atoms with van der Waals surface area (Å²) in [5.74, 6) is 1.07. The number of pyridine rings is 1. The van der Waals surface area contributed by atoms with Crippen LogP contribution in [-0.2, 0) is 20.3 Å². The van der Waals surface area contributed by atoms with Crippen molar-refractivity contribution >= 4 is 15.7 Å². The van der Waals surface area contributed by atoms with Gasteiger partial charge in [0.05, 0.1) is 29.9 Å². The van der Waals surface area contributed by atoms with Gasteiger partial charge < -0.3 is 9.64 Å². The molecule has 1 aliphatic rings. The number of rotatable bonds is 6. The molecule has 2 aromatic rings. The lowest BCUT2D eigenvalue weighted by Crippen LogP contribution is -2.37. The van der Waals surface area contributed by atoms with E-state index in [1.165, 1.54) is 0 Å². The van der Waals surface area contributed by atoms with E-state index in [1.807, 2.05) is 25.1 Å². The minimum absolute atomic E-state index is 0.0955. The van der Waals surface area contributed by atoms with E-state index in [-0.39, 0.29) is 5.75 Å². The quantitative estimate of drug-likeness (QED) is 0.763. The molecule has 2 aromatic heterocycles. The van der Waals surface area contributed by atoms with Crippen LogP contribution in [-0.4, -0.2) is 54.9 Å². The number of aromatic nitrogens is 3. The molecule has 0 bridgehead atoms. The first-order valence-electron chi connectivity index (χ1n) is 8.83. The van der Waals surface area contributed by atoms with Gasteiger partial charge in [0.1, 0.15) is 11.5 Å². The summed E-state index contributed by atoms with van der Waals surface area (Å²) >= 11 is 0. The summed E-state index contributed by atoms with van der Waals surface area (Å²) in [7, 11) is -3.26. The van der Waals surface area contributed by atoms with Gasteiger partial charge >= 0.3 is 0 Å². The highest BCUT2D eigenvalue weighted by Gasteiger charge is 2.23.